The first-order chi connectivity index (χ1) is 6.95. The van der Waals surface area contributed by atoms with E-state index in [0.717, 1.165) is 6.54 Å². The molecular formula is C12H17NS. The molecule has 0 atom stereocenters. The standard InChI is InChI=1S/C12H17NS/c1-2-4-11(5-3-1)6-8-13-12-7-9-14-10-12/h4,7,9-10,13H,1-3,5-6,8H2. The molecule has 1 aromatic heterocycles. The fraction of sp³-hybridized carbons (Fsp3) is 0.500. The average molecular weight is 207 g/mol. The molecule has 0 spiro atoms. The lowest BCUT2D eigenvalue weighted by atomic mass is 9.97. The Balaban J connectivity index is 1.70. The van der Waals surface area contributed by atoms with E-state index < -0.39 is 0 Å². The van der Waals surface area contributed by atoms with Gasteiger partial charge >= 0.3 is 0 Å². The van der Waals surface area contributed by atoms with Crippen LogP contribution in [0.5, 0.6) is 0 Å². The molecule has 1 N–H and O–H groups in total. The van der Waals surface area contributed by atoms with E-state index in [1.54, 1.807) is 16.9 Å². The van der Waals surface area contributed by atoms with Crippen molar-refractivity contribution in [2.75, 3.05) is 11.9 Å². The molecule has 2 heteroatoms. The van der Waals surface area contributed by atoms with Gasteiger partial charge in [0.25, 0.3) is 0 Å². The third-order valence-corrected chi connectivity index (χ3v) is 3.36. The fourth-order valence-electron chi connectivity index (χ4n) is 1.86. The topological polar surface area (TPSA) is 12.0 Å². The first-order valence-corrected chi connectivity index (χ1v) is 6.33. The molecule has 1 aliphatic rings. The summed E-state index contributed by atoms with van der Waals surface area (Å²) >= 11 is 1.75. The van der Waals surface area contributed by atoms with Crippen LogP contribution in [0.25, 0.3) is 0 Å². The average Bonchev–Trinajstić information content (AvgIpc) is 2.72. The Labute approximate surface area is 89.8 Å². The minimum absolute atomic E-state index is 1.09. The summed E-state index contributed by atoms with van der Waals surface area (Å²) in [5.41, 5.74) is 2.92. The van der Waals surface area contributed by atoms with E-state index >= 15 is 0 Å². The van der Waals surface area contributed by atoms with Gasteiger partial charge in [-0.25, -0.2) is 0 Å². The molecule has 2 rings (SSSR count). The van der Waals surface area contributed by atoms with Crippen molar-refractivity contribution < 1.29 is 0 Å². The maximum atomic E-state index is 3.44. The summed E-state index contributed by atoms with van der Waals surface area (Å²) in [6.45, 7) is 1.09. The van der Waals surface area contributed by atoms with Crippen molar-refractivity contribution in [3.8, 4) is 0 Å². The van der Waals surface area contributed by atoms with E-state index in [4.69, 9.17) is 0 Å². The predicted octanol–water partition coefficient (Wildman–Crippen LogP) is 4.05. The number of anilines is 1. The van der Waals surface area contributed by atoms with E-state index in [2.05, 4.69) is 28.2 Å². The maximum absolute atomic E-state index is 3.44. The molecular weight excluding hydrogens is 190 g/mol. The van der Waals surface area contributed by atoms with Gasteiger partial charge in [-0.15, -0.1) is 0 Å². The van der Waals surface area contributed by atoms with Crippen LogP contribution in [0.1, 0.15) is 32.1 Å². The molecule has 1 aliphatic carbocycles. The van der Waals surface area contributed by atoms with Gasteiger partial charge in [-0.3, -0.25) is 0 Å². The molecule has 0 saturated carbocycles. The van der Waals surface area contributed by atoms with Gasteiger partial charge in [0.2, 0.25) is 0 Å². The number of nitrogens with one attached hydrogen (secondary N) is 1. The SMILES string of the molecule is C1=C(CCNc2ccsc2)CCCC1. The zero-order valence-corrected chi connectivity index (χ0v) is 9.28. The summed E-state index contributed by atoms with van der Waals surface area (Å²) in [5, 5.41) is 7.72. The largest absolute Gasteiger partial charge is 0.384 e. The second-order valence-corrected chi connectivity index (χ2v) is 4.58. The van der Waals surface area contributed by atoms with E-state index in [-0.39, 0.29) is 0 Å². The summed E-state index contributed by atoms with van der Waals surface area (Å²) in [5.74, 6) is 0. The van der Waals surface area contributed by atoms with Crippen molar-refractivity contribution in [3.63, 3.8) is 0 Å². The van der Waals surface area contributed by atoms with E-state index in [1.165, 1.54) is 37.8 Å². The molecule has 0 radical (unpaired) electrons. The van der Waals surface area contributed by atoms with Gasteiger partial charge in [0.1, 0.15) is 0 Å². The minimum Gasteiger partial charge on any atom is -0.384 e. The molecule has 0 fully saturated rings. The van der Waals surface area contributed by atoms with Gasteiger partial charge < -0.3 is 5.32 Å². The van der Waals surface area contributed by atoms with Crippen LogP contribution in [0.2, 0.25) is 0 Å². The van der Waals surface area contributed by atoms with Gasteiger partial charge in [-0.05, 0) is 43.6 Å². The number of rotatable bonds is 4. The normalized spacial score (nSPS) is 16.4. The first-order valence-electron chi connectivity index (χ1n) is 5.39. The molecule has 76 valence electrons. The first kappa shape index (κ1) is 9.78. The third kappa shape index (κ3) is 2.88. The third-order valence-electron chi connectivity index (χ3n) is 2.68. The van der Waals surface area contributed by atoms with Crippen LogP contribution in [-0.2, 0) is 0 Å². The van der Waals surface area contributed by atoms with Crippen molar-refractivity contribution in [3.05, 3.63) is 28.5 Å². The summed E-state index contributed by atoms with van der Waals surface area (Å²) in [6, 6.07) is 2.14. The Morgan fingerprint density at radius 3 is 3.07 bits per heavy atom. The monoisotopic (exact) mass is 207 g/mol. The van der Waals surface area contributed by atoms with Crippen LogP contribution in [0, 0.1) is 0 Å². The molecule has 0 saturated heterocycles. The second kappa shape index (κ2) is 5.20. The fourth-order valence-corrected chi connectivity index (χ4v) is 2.48. The number of thiophene rings is 1. The van der Waals surface area contributed by atoms with Crippen LogP contribution < -0.4 is 5.32 Å². The van der Waals surface area contributed by atoms with Gasteiger partial charge in [0, 0.05) is 17.6 Å². The van der Waals surface area contributed by atoms with E-state index in [9.17, 15) is 0 Å². The molecule has 0 amide bonds. The molecule has 0 unspecified atom stereocenters. The summed E-state index contributed by atoms with van der Waals surface area (Å²) in [6.07, 6.45) is 9.06. The molecule has 0 bridgehead atoms. The molecule has 0 aliphatic heterocycles. The highest BCUT2D eigenvalue weighted by Crippen LogP contribution is 2.20. The van der Waals surface area contributed by atoms with Crippen molar-refractivity contribution in [1.82, 2.24) is 0 Å². The van der Waals surface area contributed by atoms with Gasteiger partial charge in [-0.2, -0.15) is 11.3 Å². The van der Waals surface area contributed by atoms with Gasteiger partial charge in [-0.1, -0.05) is 11.6 Å². The van der Waals surface area contributed by atoms with Crippen LogP contribution in [0.3, 0.4) is 0 Å². The number of hydrogen-bond donors (Lipinski definition) is 1. The molecule has 14 heavy (non-hydrogen) atoms. The van der Waals surface area contributed by atoms with Crippen molar-refractivity contribution in [1.29, 1.82) is 0 Å². The number of allylic oxidation sites excluding steroid dienone is 1. The van der Waals surface area contributed by atoms with E-state index in [0.29, 0.717) is 0 Å². The second-order valence-electron chi connectivity index (χ2n) is 3.80. The van der Waals surface area contributed by atoms with Crippen LogP contribution in [0.15, 0.2) is 28.5 Å². The Bertz CT molecular complexity index is 287. The van der Waals surface area contributed by atoms with Gasteiger partial charge in [0.15, 0.2) is 0 Å². The highest BCUT2D eigenvalue weighted by atomic mass is 32.1. The smallest absolute Gasteiger partial charge is 0.0448 e. The summed E-state index contributed by atoms with van der Waals surface area (Å²) in [4.78, 5) is 0. The quantitative estimate of drug-likeness (QED) is 0.734. The van der Waals surface area contributed by atoms with Crippen LogP contribution in [0.4, 0.5) is 5.69 Å². The maximum Gasteiger partial charge on any atom is 0.0448 e. The lowest BCUT2D eigenvalue weighted by Gasteiger charge is -2.12. The number of hydrogen-bond acceptors (Lipinski definition) is 2. The Hall–Kier alpha value is -0.760. The van der Waals surface area contributed by atoms with Crippen molar-refractivity contribution in [2.24, 2.45) is 0 Å². The van der Waals surface area contributed by atoms with Crippen LogP contribution in [-0.4, -0.2) is 6.54 Å². The Morgan fingerprint density at radius 2 is 2.36 bits per heavy atom. The summed E-state index contributed by atoms with van der Waals surface area (Å²) in [7, 11) is 0. The zero-order chi connectivity index (χ0) is 9.64. The zero-order valence-electron chi connectivity index (χ0n) is 8.46. The highest BCUT2D eigenvalue weighted by molar-refractivity contribution is 7.08. The molecule has 0 aromatic carbocycles. The lowest BCUT2D eigenvalue weighted by Crippen LogP contribution is -2.03. The minimum atomic E-state index is 1.09. The van der Waals surface area contributed by atoms with E-state index in [1.807, 2.05) is 0 Å². The Kier molecular flexibility index (Phi) is 3.64. The van der Waals surface area contributed by atoms with Crippen molar-refractivity contribution >= 4 is 17.0 Å². The molecule has 1 nitrogen and oxygen atoms in total. The lowest BCUT2D eigenvalue weighted by molar-refractivity contribution is 0.679. The van der Waals surface area contributed by atoms with Gasteiger partial charge in [0.05, 0.1) is 0 Å². The molecule has 1 heterocycles. The predicted molar refractivity (Wildman–Crippen MR) is 64.0 cm³/mol. The highest BCUT2D eigenvalue weighted by Gasteiger charge is 2.02. The van der Waals surface area contributed by atoms with Crippen LogP contribution >= 0.6 is 11.3 Å². The molecule has 1 aromatic rings. The Morgan fingerprint density at radius 1 is 1.36 bits per heavy atom. The summed E-state index contributed by atoms with van der Waals surface area (Å²) < 4.78 is 0. The van der Waals surface area contributed by atoms with Crippen molar-refractivity contribution in [2.45, 2.75) is 32.1 Å².